The van der Waals surface area contributed by atoms with Crippen LogP contribution in [0.25, 0.3) is 0 Å². The summed E-state index contributed by atoms with van der Waals surface area (Å²) in [6, 6.07) is 16.2. The Morgan fingerprint density at radius 1 is 1.24 bits per heavy atom. The maximum Gasteiger partial charge on any atom is 0.243 e. The van der Waals surface area contributed by atoms with E-state index in [0.717, 1.165) is 17.7 Å². The average Bonchev–Trinajstić information content (AvgIpc) is 2.91. The molecular formula is C18H20N2O. The van der Waals surface area contributed by atoms with E-state index in [1.807, 2.05) is 31.2 Å². The Kier molecular flexibility index (Phi) is 3.65. The maximum atomic E-state index is 12.4. The summed E-state index contributed by atoms with van der Waals surface area (Å²) in [4.78, 5) is 12.4. The Morgan fingerprint density at radius 3 is 2.81 bits per heavy atom. The quantitative estimate of drug-likeness (QED) is 0.906. The Morgan fingerprint density at radius 2 is 2.05 bits per heavy atom. The first-order valence-electron chi connectivity index (χ1n) is 7.35. The smallest absolute Gasteiger partial charge is 0.243 e. The number of hydrogen-bond donors (Lipinski definition) is 2. The van der Waals surface area contributed by atoms with Crippen molar-refractivity contribution in [3.8, 4) is 0 Å². The number of fused-ring (bicyclic) bond motifs is 1. The molecule has 1 aliphatic rings. The molecule has 1 aliphatic heterocycles. The molecule has 0 bridgehead atoms. The number of carbonyl (C=O) groups excluding carboxylic acids is 1. The summed E-state index contributed by atoms with van der Waals surface area (Å²) in [6.07, 6.45) is 0.753. The standard InChI is InChI=1S/C18H20N2O/c1-12-6-5-8-14(10-12)13(2)19-18(21)17-11-15-7-3-4-9-16(15)20-17/h3-10,13,17,20H,11H2,1-2H3,(H,19,21)/t13-,17-/m0/s1. The molecule has 1 heterocycles. The summed E-state index contributed by atoms with van der Waals surface area (Å²) in [5, 5.41) is 6.39. The molecule has 3 rings (SSSR count). The molecule has 3 heteroatoms. The van der Waals surface area contributed by atoms with E-state index >= 15 is 0 Å². The van der Waals surface area contributed by atoms with Crippen molar-refractivity contribution in [3.05, 3.63) is 65.2 Å². The van der Waals surface area contributed by atoms with Gasteiger partial charge in [0, 0.05) is 12.1 Å². The minimum absolute atomic E-state index is 0.0166. The second kappa shape index (κ2) is 5.60. The summed E-state index contributed by atoms with van der Waals surface area (Å²) in [5.41, 5.74) is 4.63. The fourth-order valence-electron chi connectivity index (χ4n) is 2.79. The SMILES string of the molecule is Cc1cccc([C@H](C)NC(=O)[C@@H]2Cc3ccccc3N2)c1. The van der Waals surface area contributed by atoms with Gasteiger partial charge in [-0.1, -0.05) is 48.0 Å². The van der Waals surface area contributed by atoms with E-state index in [0.29, 0.717) is 0 Å². The van der Waals surface area contributed by atoms with Crippen molar-refractivity contribution in [1.82, 2.24) is 5.32 Å². The molecule has 0 aromatic heterocycles. The highest BCUT2D eigenvalue weighted by Gasteiger charge is 2.27. The van der Waals surface area contributed by atoms with E-state index in [4.69, 9.17) is 0 Å². The molecule has 2 aromatic rings. The minimum Gasteiger partial charge on any atom is -0.373 e. The molecular weight excluding hydrogens is 260 g/mol. The molecule has 0 saturated carbocycles. The molecule has 1 amide bonds. The number of amides is 1. The molecule has 3 nitrogen and oxygen atoms in total. The molecule has 0 fully saturated rings. The van der Waals surface area contributed by atoms with Gasteiger partial charge in [0.05, 0.1) is 6.04 Å². The van der Waals surface area contributed by atoms with Gasteiger partial charge in [0.25, 0.3) is 0 Å². The molecule has 0 radical (unpaired) electrons. The van der Waals surface area contributed by atoms with Gasteiger partial charge in [-0.2, -0.15) is 0 Å². The summed E-state index contributed by atoms with van der Waals surface area (Å²) in [6.45, 7) is 4.09. The number of aryl methyl sites for hydroxylation is 1. The molecule has 108 valence electrons. The zero-order valence-electron chi connectivity index (χ0n) is 12.4. The largest absolute Gasteiger partial charge is 0.373 e. The van der Waals surface area contributed by atoms with Crippen LogP contribution in [0, 0.1) is 6.92 Å². The number of nitrogens with one attached hydrogen (secondary N) is 2. The Bertz CT molecular complexity index is 641. The van der Waals surface area contributed by atoms with Crippen molar-refractivity contribution in [2.24, 2.45) is 0 Å². The Hall–Kier alpha value is -2.29. The molecule has 0 saturated heterocycles. The van der Waals surface area contributed by atoms with E-state index in [1.54, 1.807) is 0 Å². The zero-order valence-corrected chi connectivity index (χ0v) is 12.4. The summed E-state index contributed by atoms with van der Waals surface area (Å²) >= 11 is 0. The van der Waals surface area contributed by atoms with Crippen LogP contribution in [0.1, 0.15) is 29.7 Å². The molecule has 0 unspecified atom stereocenters. The molecule has 21 heavy (non-hydrogen) atoms. The van der Waals surface area contributed by atoms with E-state index in [9.17, 15) is 4.79 Å². The van der Waals surface area contributed by atoms with E-state index in [-0.39, 0.29) is 18.0 Å². The maximum absolute atomic E-state index is 12.4. The van der Waals surface area contributed by atoms with Gasteiger partial charge in [0.2, 0.25) is 5.91 Å². The Labute approximate surface area is 125 Å². The second-order valence-electron chi connectivity index (χ2n) is 5.70. The zero-order chi connectivity index (χ0) is 14.8. The number of hydrogen-bond acceptors (Lipinski definition) is 2. The summed E-state index contributed by atoms with van der Waals surface area (Å²) < 4.78 is 0. The third-order valence-electron chi connectivity index (χ3n) is 3.99. The lowest BCUT2D eigenvalue weighted by Gasteiger charge is -2.18. The highest BCUT2D eigenvalue weighted by molar-refractivity contribution is 5.87. The predicted molar refractivity (Wildman–Crippen MR) is 85.3 cm³/mol. The van der Waals surface area contributed by atoms with Crippen molar-refractivity contribution in [3.63, 3.8) is 0 Å². The average molecular weight is 280 g/mol. The van der Waals surface area contributed by atoms with Crippen LogP contribution in [-0.2, 0) is 11.2 Å². The van der Waals surface area contributed by atoms with Crippen LogP contribution >= 0.6 is 0 Å². The lowest BCUT2D eigenvalue weighted by Crippen LogP contribution is -2.39. The van der Waals surface area contributed by atoms with Crippen LogP contribution in [0.2, 0.25) is 0 Å². The normalized spacial score (nSPS) is 17.7. The van der Waals surface area contributed by atoms with Gasteiger partial charge in [-0.15, -0.1) is 0 Å². The third-order valence-corrected chi connectivity index (χ3v) is 3.99. The van der Waals surface area contributed by atoms with Crippen molar-refractivity contribution in [2.45, 2.75) is 32.4 Å². The lowest BCUT2D eigenvalue weighted by molar-refractivity contribution is -0.122. The van der Waals surface area contributed by atoms with E-state index < -0.39 is 0 Å². The van der Waals surface area contributed by atoms with Crippen molar-refractivity contribution < 1.29 is 4.79 Å². The number of para-hydroxylation sites is 1. The van der Waals surface area contributed by atoms with Crippen LogP contribution < -0.4 is 10.6 Å². The Balaban J connectivity index is 1.65. The van der Waals surface area contributed by atoms with Gasteiger partial charge in [-0.05, 0) is 31.0 Å². The number of carbonyl (C=O) groups is 1. The molecule has 2 aromatic carbocycles. The van der Waals surface area contributed by atoms with Crippen LogP contribution in [-0.4, -0.2) is 11.9 Å². The lowest BCUT2D eigenvalue weighted by atomic mass is 10.0. The first kappa shape index (κ1) is 13.7. The fourth-order valence-corrected chi connectivity index (χ4v) is 2.79. The summed E-state index contributed by atoms with van der Waals surface area (Å²) in [5.74, 6) is 0.0557. The number of rotatable bonds is 3. The predicted octanol–water partition coefficient (Wildman–Crippen LogP) is 3.21. The van der Waals surface area contributed by atoms with E-state index in [2.05, 4.69) is 41.8 Å². The van der Waals surface area contributed by atoms with Gasteiger partial charge in [0.1, 0.15) is 6.04 Å². The first-order chi connectivity index (χ1) is 10.1. The van der Waals surface area contributed by atoms with Gasteiger partial charge in [-0.3, -0.25) is 4.79 Å². The first-order valence-corrected chi connectivity index (χ1v) is 7.35. The third kappa shape index (κ3) is 2.92. The van der Waals surface area contributed by atoms with Crippen molar-refractivity contribution >= 4 is 11.6 Å². The number of benzene rings is 2. The van der Waals surface area contributed by atoms with Crippen LogP contribution in [0.5, 0.6) is 0 Å². The van der Waals surface area contributed by atoms with Gasteiger partial charge in [-0.25, -0.2) is 0 Å². The highest BCUT2D eigenvalue weighted by Crippen LogP contribution is 2.25. The molecule has 0 aliphatic carbocycles. The second-order valence-corrected chi connectivity index (χ2v) is 5.70. The fraction of sp³-hybridized carbons (Fsp3) is 0.278. The van der Waals surface area contributed by atoms with Crippen LogP contribution in [0.3, 0.4) is 0 Å². The van der Waals surface area contributed by atoms with Crippen molar-refractivity contribution in [2.75, 3.05) is 5.32 Å². The topological polar surface area (TPSA) is 41.1 Å². The summed E-state index contributed by atoms with van der Waals surface area (Å²) in [7, 11) is 0. The van der Waals surface area contributed by atoms with Crippen LogP contribution in [0.4, 0.5) is 5.69 Å². The minimum atomic E-state index is -0.172. The molecule has 2 atom stereocenters. The van der Waals surface area contributed by atoms with E-state index in [1.165, 1.54) is 11.1 Å². The highest BCUT2D eigenvalue weighted by atomic mass is 16.2. The van der Waals surface area contributed by atoms with Gasteiger partial charge < -0.3 is 10.6 Å². The van der Waals surface area contributed by atoms with Crippen LogP contribution in [0.15, 0.2) is 48.5 Å². The number of anilines is 1. The van der Waals surface area contributed by atoms with Gasteiger partial charge in [0.15, 0.2) is 0 Å². The molecule has 2 N–H and O–H groups in total. The monoisotopic (exact) mass is 280 g/mol. The van der Waals surface area contributed by atoms with Crippen molar-refractivity contribution in [1.29, 1.82) is 0 Å². The van der Waals surface area contributed by atoms with Gasteiger partial charge >= 0.3 is 0 Å². The molecule has 0 spiro atoms.